The maximum absolute atomic E-state index is 14.0. The van der Waals surface area contributed by atoms with Crippen molar-refractivity contribution < 1.29 is 18.0 Å². The Kier molecular flexibility index (Phi) is 10.2. The van der Waals surface area contributed by atoms with Gasteiger partial charge in [0.25, 0.3) is 10.0 Å². The number of amides is 2. The smallest absolute Gasteiger partial charge is 0.264 e. The van der Waals surface area contributed by atoms with Gasteiger partial charge in [0.1, 0.15) is 12.6 Å². The van der Waals surface area contributed by atoms with Crippen molar-refractivity contribution in [3.05, 3.63) is 95.5 Å². The Morgan fingerprint density at radius 1 is 0.925 bits per heavy atom. The first-order valence-corrected chi connectivity index (χ1v) is 15.6. The van der Waals surface area contributed by atoms with E-state index in [1.54, 1.807) is 47.4 Å². The molecule has 212 valence electrons. The van der Waals surface area contributed by atoms with E-state index in [2.05, 4.69) is 5.32 Å². The highest BCUT2D eigenvalue weighted by atomic mass is 35.5. The van der Waals surface area contributed by atoms with E-state index in [4.69, 9.17) is 11.6 Å². The fourth-order valence-corrected chi connectivity index (χ4v) is 6.68. The summed E-state index contributed by atoms with van der Waals surface area (Å²) in [5.41, 5.74) is 1.34. The van der Waals surface area contributed by atoms with Gasteiger partial charge < -0.3 is 10.2 Å². The van der Waals surface area contributed by atoms with Crippen LogP contribution in [0.3, 0.4) is 0 Å². The molecule has 1 N–H and O–H groups in total. The minimum Gasteiger partial charge on any atom is -0.352 e. The number of halogens is 1. The Morgan fingerprint density at radius 3 is 2.12 bits per heavy atom. The van der Waals surface area contributed by atoms with Gasteiger partial charge in [-0.25, -0.2) is 8.42 Å². The van der Waals surface area contributed by atoms with Crippen LogP contribution in [-0.4, -0.2) is 50.3 Å². The molecule has 0 aromatic heterocycles. The lowest BCUT2D eigenvalue weighted by Gasteiger charge is -2.33. The third-order valence-corrected chi connectivity index (χ3v) is 9.34. The SMILES string of the molecule is CC[C@@H](C(=O)NC1CCCC1)N(CCc1ccccc1)C(=O)CN(c1ccc(Cl)cc1)S(=O)(=O)c1ccccc1. The number of nitrogens with one attached hydrogen (secondary N) is 1. The average Bonchev–Trinajstić information content (AvgIpc) is 3.48. The molecule has 0 saturated heterocycles. The molecule has 1 saturated carbocycles. The fraction of sp³-hybridized carbons (Fsp3) is 0.355. The summed E-state index contributed by atoms with van der Waals surface area (Å²) in [5, 5.41) is 3.58. The highest BCUT2D eigenvalue weighted by molar-refractivity contribution is 7.92. The molecule has 2 amide bonds. The third-order valence-electron chi connectivity index (χ3n) is 7.30. The number of hydrogen-bond acceptors (Lipinski definition) is 4. The first kappa shape index (κ1) is 29.6. The van der Waals surface area contributed by atoms with E-state index in [1.807, 2.05) is 37.3 Å². The first-order valence-electron chi connectivity index (χ1n) is 13.8. The van der Waals surface area contributed by atoms with Gasteiger partial charge in [0.15, 0.2) is 0 Å². The average molecular weight is 582 g/mol. The number of carbonyl (C=O) groups is 2. The standard InChI is InChI=1S/C31H36ClN3O4S/c1-2-29(31(37)33-26-13-9-10-14-26)34(22-21-24-11-5-3-6-12-24)30(36)23-35(27-19-17-25(32)18-20-27)40(38,39)28-15-7-4-8-16-28/h3-8,11-12,15-20,26,29H,2,9-10,13-14,21-23H2,1H3,(H,33,37)/t29-/m0/s1. The van der Waals surface area contributed by atoms with Crippen molar-refractivity contribution >= 4 is 39.1 Å². The maximum Gasteiger partial charge on any atom is 0.264 e. The minimum absolute atomic E-state index is 0.0691. The van der Waals surface area contributed by atoms with E-state index in [1.165, 1.54) is 12.1 Å². The molecule has 0 unspecified atom stereocenters. The summed E-state index contributed by atoms with van der Waals surface area (Å²) in [4.78, 5) is 29.1. The highest BCUT2D eigenvalue weighted by Crippen LogP contribution is 2.26. The Balaban J connectivity index is 1.65. The molecule has 0 spiro atoms. The molecule has 1 aliphatic rings. The van der Waals surface area contributed by atoms with Crippen LogP contribution in [0.15, 0.2) is 89.8 Å². The van der Waals surface area contributed by atoms with Crippen LogP contribution in [0, 0.1) is 0 Å². The van der Waals surface area contributed by atoms with Crippen molar-refractivity contribution in [2.45, 2.75) is 62.4 Å². The van der Waals surface area contributed by atoms with Gasteiger partial charge in [0.05, 0.1) is 10.6 Å². The largest absolute Gasteiger partial charge is 0.352 e. The number of rotatable bonds is 12. The Morgan fingerprint density at radius 2 is 1.52 bits per heavy atom. The lowest BCUT2D eigenvalue weighted by atomic mass is 10.1. The second kappa shape index (κ2) is 13.8. The van der Waals surface area contributed by atoms with Crippen LogP contribution >= 0.6 is 11.6 Å². The van der Waals surface area contributed by atoms with Gasteiger partial charge in [-0.3, -0.25) is 13.9 Å². The molecule has 7 nitrogen and oxygen atoms in total. The second-order valence-electron chi connectivity index (χ2n) is 10.0. The molecule has 1 aliphatic carbocycles. The molecule has 0 bridgehead atoms. The van der Waals surface area contributed by atoms with Crippen LogP contribution < -0.4 is 9.62 Å². The van der Waals surface area contributed by atoms with Crippen LogP contribution in [0.4, 0.5) is 5.69 Å². The van der Waals surface area contributed by atoms with Gasteiger partial charge in [-0.1, -0.05) is 79.9 Å². The lowest BCUT2D eigenvalue weighted by molar-refractivity contribution is -0.139. The van der Waals surface area contributed by atoms with E-state index < -0.39 is 28.5 Å². The number of sulfonamides is 1. The van der Waals surface area contributed by atoms with E-state index in [9.17, 15) is 18.0 Å². The Hall–Kier alpha value is -3.36. The first-order chi connectivity index (χ1) is 19.3. The van der Waals surface area contributed by atoms with Crippen molar-refractivity contribution in [1.29, 1.82) is 0 Å². The normalized spacial score (nSPS) is 14.4. The van der Waals surface area contributed by atoms with Gasteiger partial charge in [-0.05, 0) is 67.6 Å². The molecule has 0 radical (unpaired) electrons. The van der Waals surface area contributed by atoms with Crippen molar-refractivity contribution in [2.24, 2.45) is 0 Å². The molecular weight excluding hydrogens is 546 g/mol. The summed E-state index contributed by atoms with van der Waals surface area (Å²) in [5.74, 6) is -0.640. The highest BCUT2D eigenvalue weighted by Gasteiger charge is 2.34. The minimum atomic E-state index is -4.09. The van der Waals surface area contributed by atoms with Crippen LogP contribution in [0.25, 0.3) is 0 Å². The summed E-state index contributed by atoms with van der Waals surface area (Å²) >= 11 is 6.08. The van der Waals surface area contributed by atoms with Gasteiger partial charge in [-0.2, -0.15) is 0 Å². The Labute approximate surface area is 242 Å². The van der Waals surface area contributed by atoms with Crippen LogP contribution in [0.2, 0.25) is 5.02 Å². The summed E-state index contributed by atoms with van der Waals surface area (Å²) in [6, 6.07) is 23.5. The number of carbonyl (C=O) groups excluding carboxylic acids is 2. The van der Waals surface area contributed by atoms with Crippen molar-refractivity contribution in [3.63, 3.8) is 0 Å². The molecule has 4 rings (SSSR count). The summed E-state index contributed by atoms with van der Waals surface area (Å²) in [6.45, 7) is 1.69. The van der Waals surface area contributed by atoms with Gasteiger partial charge in [0, 0.05) is 17.6 Å². The van der Waals surface area contributed by atoms with Gasteiger partial charge in [0.2, 0.25) is 11.8 Å². The molecule has 0 heterocycles. The zero-order chi connectivity index (χ0) is 28.5. The monoisotopic (exact) mass is 581 g/mol. The molecule has 3 aromatic rings. The predicted molar refractivity (Wildman–Crippen MR) is 159 cm³/mol. The van der Waals surface area contributed by atoms with Gasteiger partial charge >= 0.3 is 0 Å². The van der Waals surface area contributed by atoms with Crippen LogP contribution in [0.1, 0.15) is 44.6 Å². The van der Waals surface area contributed by atoms with Crippen LogP contribution in [0.5, 0.6) is 0 Å². The van der Waals surface area contributed by atoms with E-state index in [0.717, 1.165) is 35.6 Å². The predicted octanol–water partition coefficient (Wildman–Crippen LogP) is 5.44. The lowest BCUT2D eigenvalue weighted by Crippen LogP contribution is -2.54. The molecule has 1 atom stereocenters. The molecule has 9 heteroatoms. The molecule has 0 aliphatic heterocycles. The molecular formula is C31H36ClN3O4S. The molecule has 40 heavy (non-hydrogen) atoms. The second-order valence-corrected chi connectivity index (χ2v) is 12.3. The number of benzene rings is 3. The zero-order valence-electron chi connectivity index (χ0n) is 22.7. The van der Waals surface area contributed by atoms with E-state index in [0.29, 0.717) is 23.6 Å². The number of hydrogen-bond donors (Lipinski definition) is 1. The van der Waals surface area contributed by atoms with Crippen molar-refractivity contribution in [1.82, 2.24) is 10.2 Å². The van der Waals surface area contributed by atoms with E-state index in [-0.39, 0.29) is 23.4 Å². The third kappa shape index (κ3) is 7.43. The topological polar surface area (TPSA) is 86.8 Å². The fourth-order valence-electron chi connectivity index (χ4n) is 5.12. The molecule has 3 aromatic carbocycles. The molecule has 1 fully saturated rings. The van der Waals surface area contributed by atoms with Gasteiger partial charge in [-0.15, -0.1) is 0 Å². The number of nitrogens with zero attached hydrogens (tertiary/aromatic N) is 2. The quantitative estimate of drug-likeness (QED) is 0.308. The maximum atomic E-state index is 14.0. The van der Waals surface area contributed by atoms with E-state index >= 15 is 0 Å². The zero-order valence-corrected chi connectivity index (χ0v) is 24.3. The summed E-state index contributed by atoms with van der Waals surface area (Å²) < 4.78 is 28.7. The Bertz CT molecular complexity index is 1360. The van der Waals surface area contributed by atoms with Crippen molar-refractivity contribution in [2.75, 3.05) is 17.4 Å². The van der Waals surface area contributed by atoms with Crippen LogP contribution in [-0.2, 0) is 26.0 Å². The number of anilines is 1. The van der Waals surface area contributed by atoms with Crippen molar-refractivity contribution in [3.8, 4) is 0 Å². The summed E-state index contributed by atoms with van der Waals surface area (Å²) in [6.07, 6.45) is 4.95. The summed E-state index contributed by atoms with van der Waals surface area (Å²) in [7, 11) is -4.09.